The Hall–Kier alpha value is -3.18. The van der Waals surface area contributed by atoms with Gasteiger partial charge in [0.05, 0.1) is 29.2 Å². The van der Waals surface area contributed by atoms with Crippen LogP contribution in [0, 0.1) is 6.92 Å². The van der Waals surface area contributed by atoms with Crippen LogP contribution in [0.3, 0.4) is 0 Å². The van der Waals surface area contributed by atoms with Gasteiger partial charge >= 0.3 is 6.36 Å². The van der Waals surface area contributed by atoms with Crippen LogP contribution in [-0.2, 0) is 6.54 Å². The van der Waals surface area contributed by atoms with Gasteiger partial charge in [-0.1, -0.05) is 19.1 Å². The van der Waals surface area contributed by atoms with Gasteiger partial charge in [-0.3, -0.25) is 9.80 Å². The fourth-order valence-electron chi connectivity index (χ4n) is 5.95. The number of piperidine rings is 1. The normalized spacial score (nSPS) is 21.7. The van der Waals surface area contributed by atoms with Gasteiger partial charge in [-0.15, -0.1) is 18.3 Å². The minimum atomic E-state index is -4.67. The lowest BCUT2D eigenvalue weighted by Gasteiger charge is -2.48. The number of piperazine rings is 1. The number of benzene rings is 1. The second-order valence-corrected chi connectivity index (χ2v) is 10.6. The number of hydrogen-bond acceptors (Lipinski definition) is 8. The van der Waals surface area contributed by atoms with E-state index in [9.17, 15) is 13.2 Å². The van der Waals surface area contributed by atoms with Crippen molar-refractivity contribution in [1.82, 2.24) is 14.8 Å². The molecular formula is C28H36F3N7O. The molecule has 0 radical (unpaired) electrons. The molecule has 3 aliphatic rings. The zero-order valence-corrected chi connectivity index (χ0v) is 22.5. The van der Waals surface area contributed by atoms with E-state index in [-0.39, 0.29) is 5.75 Å². The molecule has 11 heteroatoms. The maximum atomic E-state index is 12.4. The van der Waals surface area contributed by atoms with Crippen molar-refractivity contribution in [3.8, 4) is 5.75 Å². The van der Waals surface area contributed by atoms with Crippen LogP contribution in [0.2, 0.25) is 0 Å². The number of aryl methyl sites for hydroxylation is 1. The van der Waals surface area contributed by atoms with Crippen LogP contribution in [0.4, 0.5) is 18.9 Å². The van der Waals surface area contributed by atoms with Crippen molar-refractivity contribution in [2.75, 3.05) is 37.6 Å². The third-order valence-corrected chi connectivity index (χ3v) is 7.93. The Bertz CT molecular complexity index is 1210. The molecule has 1 atom stereocenters. The SMILES string of the molecule is CCC1CN(c2ccc(C3=NN=C(N)C3)nc2C)CCN1C1CCN(Cc2ccc(OC(F)(F)F)cc2)CC1. The maximum absolute atomic E-state index is 12.4. The summed E-state index contributed by atoms with van der Waals surface area (Å²) in [5.41, 5.74) is 10.6. The third kappa shape index (κ3) is 6.70. The smallest absolute Gasteiger partial charge is 0.406 e. The molecule has 1 unspecified atom stereocenters. The highest BCUT2D eigenvalue weighted by molar-refractivity contribution is 6.13. The number of amidine groups is 1. The summed E-state index contributed by atoms with van der Waals surface area (Å²) in [5.74, 6) is 0.342. The molecule has 1 aromatic carbocycles. The number of nitrogens with zero attached hydrogens (tertiary/aromatic N) is 6. The Labute approximate surface area is 227 Å². The van der Waals surface area contributed by atoms with Crippen LogP contribution in [0.5, 0.6) is 5.75 Å². The van der Waals surface area contributed by atoms with E-state index in [4.69, 9.17) is 10.7 Å². The predicted octanol–water partition coefficient (Wildman–Crippen LogP) is 4.32. The number of halogens is 3. The molecule has 0 bridgehead atoms. The van der Waals surface area contributed by atoms with Crippen molar-refractivity contribution in [2.45, 2.75) is 64.5 Å². The van der Waals surface area contributed by atoms with Gasteiger partial charge < -0.3 is 15.4 Å². The fraction of sp³-hybridized carbons (Fsp3) is 0.536. The average Bonchev–Trinajstić information content (AvgIpc) is 3.35. The summed E-state index contributed by atoms with van der Waals surface area (Å²) in [6, 6.07) is 11.4. The minimum absolute atomic E-state index is 0.181. The maximum Gasteiger partial charge on any atom is 0.573 e. The molecule has 2 N–H and O–H groups in total. The number of hydrogen-bond donors (Lipinski definition) is 1. The summed E-state index contributed by atoms with van der Waals surface area (Å²) in [6.07, 6.45) is -0.851. The first-order valence-corrected chi connectivity index (χ1v) is 13.6. The van der Waals surface area contributed by atoms with Crippen LogP contribution in [0.15, 0.2) is 46.6 Å². The Balaban J connectivity index is 1.13. The monoisotopic (exact) mass is 543 g/mol. The molecular weight excluding hydrogens is 507 g/mol. The van der Waals surface area contributed by atoms with Crippen LogP contribution in [-0.4, -0.2) is 77.5 Å². The molecule has 4 heterocycles. The summed E-state index contributed by atoms with van der Waals surface area (Å²) in [6.45, 7) is 9.96. The standard InChI is InChI=1S/C28H36F3N7O/c1-3-21-18-37(26-9-8-24(33-19(26)2)25-16-27(32)35-34-25)14-15-38(21)22-10-12-36(13-11-22)17-20-4-6-23(7-5-20)39-28(29,30)31/h4-9,21-22H,3,10-18H2,1-2H3,(H2,32,35). The number of nitrogens with two attached hydrogens (primary N) is 1. The van der Waals surface area contributed by atoms with Gasteiger partial charge in [-0.25, -0.2) is 4.98 Å². The molecule has 0 amide bonds. The lowest BCUT2D eigenvalue weighted by Crippen LogP contribution is -2.58. The zero-order valence-electron chi connectivity index (χ0n) is 22.5. The highest BCUT2D eigenvalue weighted by Crippen LogP contribution is 2.29. The zero-order chi connectivity index (χ0) is 27.6. The fourth-order valence-corrected chi connectivity index (χ4v) is 5.95. The molecule has 3 aliphatic heterocycles. The minimum Gasteiger partial charge on any atom is -0.406 e. The molecule has 8 nitrogen and oxygen atoms in total. The molecule has 0 saturated carbocycles. The van der Waals surface area contributed by atoms with Crippen molar-refractivity contribution < 1.29 is 17.9 Å². The largest absolute Gasteiger partial charge is 0.573 e. The number of ether oxygens (including phenoxy) is 1. The molecule has 1 aromatic heterocycles. The number of pyridine rings is 1. The Morgan fingerprint density at radius 2 is 1.74 bits per heavy atom. The Morgan fingerprint density at radius 3 is 2.36 bits per heavy atom. The van der Waals surface area contributed by atoms with E-state index in [1.54, 1.807) is 12.1 Å². The van der Waals surface area contributed by atoms with Gasteiger partial charge in [0.2, 0.25) is 0 Å². The molecule has 210 valence electrons. The Morgan fingerprint density at radius 1 is 1.00 bits per heavy atom. The number of alkyl halides is 3. The molecule has 2 fully saturated rings. The second-order valence-electron chi connectivity index (χ2n) is 10.6. The molecule has 2 saturated heterocycles. The summed E-state index contributed by atoms with van der Waals surface area (Å²) in [4.78, 5) is 12.4. The number of anilines is 1. The van der Waals surface area contributed by atoms with E-state index in [2.05, 4.69) is 49.6 Å². The van der Waals surface area contributed by atoms with Crippen molar-refractivity contribution in [2.24, 2.45) is 15.9 Å². The number of rotatable bonds is 7. The average molecular weight is 544 g/mol. The first-order chi connectivity index (χ1) is 18.7. The van der Waals surface area contributed by atoms with Crippen LogP contribution in [0.25, 0.3) is 0 Å². The van der Waals surface area contributed by atoms with Crippen molar-refractivity contribution in [1.29, 1.82) is 0 Å². The van der Waals surface area contributed by atoms with E-state index >= 15 is 0 Å². The lowest BCUT2D eigenvalue weighted by molar-refractivity contribution is -0.274. The molecule has 2 aromatic rings. The summed E-state index contributed by atoms with van der Waals surface area (Å²) < 4.78 is 41.2. The van der Waals surface area contributed by atoms with Gasteiger partial charge in [0.15, 0.2) is 0 Å². The highest BCUT2D eigenvalue weighted by Gasteiger charge is 2.34. The van der Waals surface area contributed by atoms with Crippen LogP contribution < -0.4 is 15.4 Å². The predicted molar refractivity (Wildman–Crippen MR) is 146 cm³/mol. The first kappa shape index (κ1) is 27.4. The number of aromatic nitrogens is 1. The quantitative estimate of drug-likeness (QED) is 0.560. The van der Waals surface area contributed by atoms with Gasteiger partial charge in [0.25, 0.3) is 0 Å². The summed E-state index contributed by atoms with van der Waals surface area (Å²) in [7, 11) is 0. The van der Waals surface area contributed by atoms with Crippen molar-refractivity contribution in [3.05, 3.63) is 53.3 Å². The first-order valence-electron chi connectivity index (χ1n) is 13.6. The third-order valence-electron chi connectivity index (χ3n) is 7.93. The molecule has 0 spiro atoms. The molecule has 5 rings (SSSR count). The van der Waals surface area contributed by atoms with Gasteiger partial charge in [-0.05, 0) is 69.1 Å². The number of likely N-dealkylation sites (tertiary alicyclic amines) is 1. The summed E-state index contributed by atoms with van der Waals surface area (Å²) in [5, 5.41) is 8.09. The van der Waals surface area contributed by atoms with Gasteiger partial charge in [-0.2, -0.15) is 5.10 Å². The van der Waals surface area contributed by atoms with Crippen LogP contribution in [0.1, 0.15) is 49.6 Å². The molecule has 0 aliphatic carbocycles. The van der Waals surface area contributed by atoms with Crippen molar-refractivity contribution >= 4 is 17.2 Å². The van der Waals surface area contributed by atoms with Gasteiger partial charge in [0.1, 0.15) is 11.6 Å². The van der Waals surface area contributed by atoms with Crippen LogP contribution >= 0.6 is 0 Å². The summed E-state index contributed by atoms with van der Waals surface area (Å²) >= 11 is 0. The second kappa shape index (κ2) is 11.5. The highest BCUT2D eigenvalue weighted by atomic mass is 19.4. The van der Waals surface area contributed by atoms with E-state index < -0.39 is 6.36 Å². The van der Waals surface area contributed by atoms with Gasteiger partial charge in [0, 0.05) is 38.3 Å². The van der Waals surface area contributed by atoms with E-state index in [0.29, 0.717) is 24.3 Å². The Kier molecular flexibility index (Phi) is 8.08. The molecule has 39 heavy (non-hydrogen) atoms. The topological polar surface area (TPSA) is 82.6 Å². The lowest BCUT2D eigenvalue weighted by atomic mass is 9.97. The van der Waals surface area contributed by atoms with E-state index in [0.717, 1.165) is 81.2 Å². The van der Waals surface area contributed by atoms with E-state index in [1.807, 2.05) is 6.07 Å². The van der Waals surface area contributed by atoms with Crippen molar-refractivity contribution in [3.63, 3.8) is 0 Å². The van der Waals surface area contributed by atoms with E-state index in [1.165, 1.54) is 17.8 Å².